The second-order valence-corrected chi connectivity index (χ2v) is 14.1. The summed E-state index contributed by atoms with van der Waals surface area (Å²) in [5.41, 5.74) is 15.0. The van der Waals surface area contributed by atoms with Gasteiger partial charge < -0.3 is 9.97 Å². The van der Waals surface area contributed by atoms with Crippen LogP contribution in [0.2, 0.25) is 0 Å². The molecule has 0 radical (unpaired) electrons. The van der Waals surface area contributed by atoms with E-state index in [0.717, 1.165) is 89.4 Å². The SMILES string of the molecule is C1=Cc2nc1c(-c1ccncc1)c1ccc([nH]1)c(-c1ccncc1)c1nc(c(-c3ccncc3)c3ccc([nH]3)c2-c2ccncc2)C=C1.[Cl][Ru][Cl]. The molecule has 0 aromatic carbocycles. The van der Waals surface area contributed by atoms with Crippen molar-refractivity contribution in [3.63, 3.8) is 0 Å². The maximum absolute atomic E-state index is 5.29. The van der Waals surface area contributed by atoms with Gasteiger partial charge in [-0.05, 0) is 119 Å². The van der Waals surface area contributed by atoms with Crippen LogP contribution >= 0.6 is 19.4 Å². The molecule has 0 fully saturated rings. The number of nitrogens with zero attached hydrogens (tertiary/aromatic N) is 6. The van der Waals surface area contributed by atoms with E-state index in [9.17, 15) is 0 Å². The molecule has 2 aliphatic heterocycles. The number of H-pyrrole nitrogens is 2. The van der Waals surface area contributed by atoms with Gasteiger partial charge in [0.2, 0.25) is 0 Å². The van der Waals surface area contributed by atoms with E-state index in [-0.39, 0.29) is 15.1 Å². The molecule has 8 nitrogen and oxygen atoms in total. The summed E-state index contributed by atoms with van der Waals surface area (Å²) in [6.07, 6.45) is 22.8. The first-order chi connectivity index (χ1) is 25.2. The van der Waals surface area contributed by atoms with Crippen LogP contribution in [0.3, 0.4) is 0 Å². The minimum absolute atomic E-state index is 0.346. The van der Waals surface area contributed by atoms with Crippen LogP contribution in [-0.4, -0.2) is 39.9 Å². The van der Waals surface area contributed by atoms with Crippen molar-refractivity contribution in [3.05, 3.63) is 145 Å². The molecule has 0 spiro atoms. The Morgan fingerprint density at radius 1 is 0.353 bits per heavy atom. The Morgan fingerprint density at radius 2 is 0.569 bits per heavy atom. The van der Waals surface area contributed by atoms with Crippen molar-refractivity contribution < 1.29 is 15.1 Å². The predicted molar refractivity (Wildman–Crippen MR) is 203 cm³/mol. The van der Waals surface area contributed by atoms with Crippen molar-refractivity contribution in [2.24, 2.45) is 0 Å². The fourth-order valence-corrected chi connectivity index (χ4v) is 6.49. The van der Waals surface area contributed by atoms with Gasteiger partial charge >= 0.3 is 34.5 Å². The topological polar surface area (TPSA) is 109 Å². The number of rotatable bonds is 4. The van der Waals surface area contributed by atoms with Crippen molar-refractivity contribution in [2.75, 3.05) is 0 Å². The molecule has 2 N–H and O–H groups in total. The van der Waals surface area contributed by atoms with Gasteiger partial charge in [-0.1, -0.05) is 0 Å². The molecule has 2 aliphatic rings. The summed E-state index contributed by atoms with van der Waals surface area (Å²) in [4.78, 5) is 35.2. The molecule has 0 unspecified atom stereocenters. The molecule has 8 bridgehead atoms. The summed E-state index contributed by atoms with van der Waals surface area (Å²) >= 11 is -0.346. The Balaban J connectivity index is 0.00000121. The van der Waals surface area contributed by atoms with E-state index < -0.39 is 0 Å². The number of hydrogen-bond acceptors (Lipinski definition) is 6. The second kappa shape index (κ2) is 14.7. The van der Waals surface area contributed by atoms with Gasteiger partial charge in [0.05, 0.1) is 22.8 Å². The Hall–Kier alpha value is -5.60. The molecule has 248 valence electrons. The van der Waals surface area contributed by atoms with Gasteiger partial charge in [0, 0.05) is 93.9 Å². The van der Waals surface area contributed by atoms with Gasteiger partial charge in [-0.25, -0.2) is 9.97 Å². The molecule has 0 atom stereocenters. The first-order valence-electron chi connectivity index (χ1n) is 15.8. The zero-order chi connectivity index (χ0) is 34.6. The first kappa shape index (κ1) is 32.6. The van der Waals surface area contributed by atoms with Crippen molar-refractivity contribution in [1.29, 1.82) is 0 Å². The molecule has 0 saturated heterocycles. The monoisotopic (exact) mass is 790 g/mol. The van der Waals surface area contributed by atoms with Crippen LogP contribution in [0.1, 0.15) is 22.8 Å². The summed E-state index contributed by atoms with van der Waals surface area (Å²) in [7, 11) is 9.71. The van der Waals surface area contributed by atoms with Crippen LogP contribution in [0, 0.1) is 0 Å². The van der Waals surface area contributed by atoms with Gasteiger partial charge in [0.1, 0.15) is 0 Å². The molecule has 9 rings (SSSR count). The first-order valence-corrected chi connectivity index (χ1v) is 20.3. The van der Waals surface area contributed by atoms with E-state index in [2.05, 4.69) is 78.5 Å². The molecule has 9 heterocycles. The molecule has 0 aliphatic carbocycles. The normalized spacial score (nSPS) is 11.7. The number of hydrogen-bond donors (Lipinski definition) is 2. The third-order valence-corrected chi connectivity index (χ3v) is 8.63. The van der Waals surface area contributed by atoms with E-state index in [1.807, 2.05) is 98.1 Å². The summed E-state index contributed by atoms with van der Waals surface area (Å²) < 4.78 is 0. The summed E-state index contributed by atoms with van der Waals surface area (Å²) in [5, 5.41) is 0. The summed E-state index contributed by atoms with van der Waals surface area (Å²) in [6, 6.07) is 24.6. The number of aromatic amines is 2. The quantitative estimate of drug-likeness (QED) is 0.172. The van der Waals surface area contributed by atoms with Crippen LogP contribution in [0.25, 0.3) is 90.9 Å². The van der Waals surface area contributed by atoms with Gasteiger partial charge in [-0.3, -0.25) is 19.9 Å². The molecule has 7 aromatic rings. The van der Waals surface area contributed by atoms with E-state index >= 15 is 0 Å². The van der Waals surface area contributed by atoms with Crippen molar-refractivity contribution >= 4 is 65.8 Å². The van der Waals surface area contributed by atoms with Gasteiger partial charge in [-0.2, -0.15) is 0 Å². The minimum atomic E-state index is -0.346. The fourth-order valence-electron chi connectivity index (χ4n) is 6.49. The van der Waals surface area contributed by atoms with Crippen molar-refractivity contribution in [2.45, 2.75) is 0 Å². The molecule has 7 aromatic heterocycles. The van der Waals surface area contributed by atoms with E-state index in [1.165, 1.54) is 0 Å². The Morgan fingerprint density at radius 3 is 0.784 bits per heavy atom. The second-order valence-electron chi connectivity index (χ2n) is 11.5. The van der Waals surface area contributed by atoms with E-state index in [4.69, 9.17) is 29.4 Å². The average molecular weight is 791 g/mol. The molecular formula is C40H26Cl2N8Ru. The maximum atomic E-state index is 5.29. The van der Waals surface area contributed by atoms with Crippen LogP contribution in [0.4, 0.5) is 0 Å². The third-order valence-electron chi connectivity index (χ3n) is 8.63. The van der Waals surface area contributed by atoms with E-state index in [1.54, 1.807) is 0 Å². The Bertz CT molecular complexity index is 2220. The fraction of sp³-hybridized carbons (Fsp3) is 0. The summed E-state index contributed by atoms with van der Waals surface area (Å²) in [6.45, 7) is 0. The summed E-state index contributed by atoms with van der Waals surface area (Å²) in [5.74, 6) is 0. The molecule has 51 heavy (non-hydrogen) atoms. The van der Waals surface area contributed by atoms with Crippen LogP contribution < -0.4 is 0 Å². The van der Waals surface area contributed by atoms with Gasteiger partial charge in [-0.15, -0.1) is 0 Å². The predicted octanol–water partition coefficient (Wildman–Crippen LogP) is 10.3. The van der Waals surface area contributed by atoms with Crippen LogP contribution in [0.5, 0.6) is 0 Å². The van der Waals surface area contributed by atoms with Crippen molar-refractivity contribution in [1.82, 2.24) is 39.9 Å². The van der Waals surface area contributed by atoms with Crippen molar-refractivity contribution in [3.8, 4) is 44.5 Å². The number of aromatic nitrogens is 8. The zero-order valence-corrected chi connectivity index (χ0v) is 29.9. The molecule has 11 heteroatoms. The average Bonchev–Trinajstić information content (AvgIpc) is 4.02. The molecule has 0 saturated carbocycles. The Kier molecular flexibility index (Phi) is 9.40. The molecule has 0 amide bonds. The van der Waals surface area contributed by atoms with E-state index in [0.29, 0.717) is 0 Å². The third kappa shape index (κ3) is 6.55. The number of fused-ring (bicyclic) bond motifs is 8. The van der Waals surface area contributed by atoms with Gasteiger partial charge in [0.25, 0.3) is 0 Å². The van der Waals surface area contributed by atoms with Crippen LogP contribution in [-0.2, 0) is 15.1 Å². The molecular weight excluding hydrogens is 764 g/mol. The zero-order valence-electron chi connectivity index (χ0n) is 26.6. The van der Waals surface area contributed by atoms with Crippen LogP contribution in [0.15, 0.2) is 122 Å². The van der Waals surface area contributed by atoms with Gasteiger partial charge in [0.15, 0.2) is 0 Å². The number of halogens is 2. The Labute approximate surface area is 308 Å². The number of nitrogens with one attached hydrogen (secondary N) is 2. The number of pyridine rings is 4. The standard InChI is InChI=1S/C40H26N8.2ClH.Ru/c1-2-30-38(26-11-19-42-20-12-26)32-5-6-34(47-32)40(28-15-23-44-24-16-28)36-8-7-35(48-36)39(27-13-21-43-22-14-27)33-4-3-31(46-33)37(29(1)45-30)25-9-17-41-18-10-25;;;/h1-24,45,48H;2*1H;/q;;;+2/p-2.